The van der Waals surface area contributed by atoms with E-state index in [9.17, 15) is 4.39 Å². The average Bonchev–Trinajstić information content (AvgIpc) is 2.10. The summed E-state index contributed by atoms with van der Waals surface area (Å²) < 4.78 is 13.1. The summed E-state index contributed by atoms with van der Waals surface area (Å²) >= 11 is 0. The average molecular weight is 169 g/mol. The minimum atomic E-state index is -0.317. The predicted octanol–water partition coefficient (Wildman–Crippen LogP) is 1.14. The van der Waals surface area contributed by atoms with E-state index in [2.05, 4.69) is 10.4 Å². The predicted molar refractivity (Wildman–Crippen MR) is 44.6 cm³/mol. The fraction of sp³-hybridized carbons (Fsp3) is 0.375. The first-order valence-corrected chi connectivity index (χ1v) is 3.86. The zero-order valence-electron chi connectivity index (χ0n) is 6.92. The molecular formula is C8H12FN3. The number of rotatable bonds is 3. The first kappa shape index (κ1) is 9.09. The van der Waals surface area contributed by atoms with E-state index in [1.165, 1.54) is 6.07 Å². The molecule has 0 spiro atoms. The molecule has 1 rings (SSSR count). The van der Waals surface area contributed by atoms with E-state index in [0.29, 0.717) is 12.1 Å². The van der Waals surface area contributed by atoms with Crippen LogP contribution in [-0.4, -0.2) is 4.98 Å². The number of nitrogens with zero attached hydrogens (tertiary/aromatic N) is 1. The van der Waals surface area contributed by atoms with Gasteiger partial charge in [-0.1, -0.05) is 6.92 Å². The third-order valence-electron chi connectivity index (χ3n) is 1.73. The topological polar surface area (TPSA) is 50.9 Å². The summed E-state index contributed by atoms with van der Waals surface area (Å²) in [6, 6.07) is 2.73. The van der Waals surface area contributed by atoms with Gasteiger partial charge in [-0.2, -0.15) is 0 Å². The first-order chi connectivity index (χ1) is 5.79. The van der Waals surface area contributed by atoms with E-state index in [-0.39, 0.29) is 11.9 Å². The van der Waals surface area contributed by atoms with Gasteiger partial charge in [0.05, 0.1) is 11.7 Å². The molecule has 0 aliphatic heterocycles. The van der Waals surface area contributed by atoms with Gasteiger partial charge in [0.15, 0.2) is 0 Å². The van der Waals surface area contributed by atoms with Crippen LogP contribution in [0.4, 0.5) is 4.39 Å². The zero-order valence-corrected chi connectivity index (χ0v) is 6.92. The Labute approximate surface area is 70.8 Å². The standard InChI is InChI=1S/C8H12FN3/c1-2-7(12-10)8-6(9)4-3-5-11-8/h3-5,7,12H,2,10H2,1H3. The lowest BCUT2D eigenvalue weighted by Gasteiger charge is -2.12. The molecule has 1 aromatic rings. The van der Waals surface area contributed by atoms with Crippen molar-refractivity contribution < 1.29 is 4.39 Å². The highest BCUT2D eigenvalue weighted by atomic mass is 19.1. The van der Waals surface area contributed by atoms with Crippen molar-refractivity contribution in [3.8, 4) is 0 Å². The van der Waals surface area contributed by atoms with Crippen LogP contribution in [0.1, 0.15) is 25.1 Å². The largest absolute Gasteiger partial charge is 0.271 e. The number of nitrogens with two attached hydrogens (primary N) is 1. The van der Waals surface area contributed by atoms with Crippen LogP contribution in [0.3, 0.4) is 0 Å². The molecule has 0 aromatic carbocycles. The molecule has 0 radical (unpaired) electrons. The van der Waals surface area contributed by atoms with Crippen molar-refractivity contribution in [3.05, 3.63) is 29.8 Å². The fourth-order valence-corrected chi connectivity index (χ4v) is 1.04. The maximum atomic E-state index is 13.1. The molecule has 0 bridgehead atoms. The quantitative estimate of drug-likeness (QED) is 0.527. The van der Waals surface area contributed by atoms with Gasteiger partial charge in [-0.05, 0) is 18.6 Å². The maximum absolute atomic E-state index is 13.1. The molecule has 0 fully saturated rings. The van der Waals surface area contributed by atoms with Gasteiger partial charge in [0.1, 0.15) is 5.82 Å². The van der Waals surface area contributed by atoms with Crippen molar-refractivity contribution in [2.24, 2.45) is 5.84 Å². The summed E-state index contributed by atoms with van der Waals surface area (Å²) in [5, 5.41) is 0. The molecule has 4 heteroatoms. The molecule has 1 atom stereocenters. The summed E-state index contributed by atoms with van der Waals surface area (Å²) in [6.45, 7) is 1.92. The monoisotopic (exact) mass is 169 g/mol. The van der Waals surface area contributed by atoms with Crippen molar-refractivity contribution >= 4 is 0 Å². The van der Waals surface area contributed by atoms with Crippen molar-refractivity contribution in [1.82, 2.24) is 10.4 Å². The molecule has 0 saturated heterocycles. The number of hydrogen-bond donors (Lipinski definition) is 2. The fourth-order valence-electron chi connectivity index (χ4n) is 1.04. The van der Waals surface area contributed by atoms with Gasteiger partial charge in [-0.15, -0.1) is 0 Å². The first-order valence-electron chi connectivity index (χ1n) is 3.86. The van der Waals surface area contributed by atoms with Gasteiger partial charge < -0.3 is 0 Å². The van der Waals surface area contributed by atoms with Gasteiger partial charge in [-0.25, -0.2) is 4.39 Å². The molecule has 0 aliphatic rings. The summed E-state index contributed by atoms with van der Waals surface area (Å²) in [5.41, 5.74) is 2.88. The van der Waals surface area contributed by atoms with Crippen LogP contribution in [-0.2, 0) is 0 Å². The number of pyridine rings is 1. The van der Waals surface area contributed by atoms with Gasteiger partial charge in [0.2, 0.25) is 0 Å². The third-order valence-corrected chi connectivity index (χ3v) is 1.73. The third kappa shape index (κ3) is 1.78. The van der Waals surface area contributed by atoms with Crippen LogP contribution < -0.4 is 11.3 Å². The van der Waals surface area contributed by atoms with E-state index in [1.807, 2.05) is 6.92 Å². The van der Waals surface area contributed by atoms with Gasteiger partial charge >= 0.3 is 0 Å². The minimum Gasteiger partial charge on any atom is -0.271 e. The van der Waals surface area contributed by atoms with Crippen molar-refractivity contribution in [2.75, 3.05) is 0 Å². The molecular weight excluding hydrogens is 157 g/mol. The number of hydrogen-bond acceptors (Lipinski definition) is 3. The second kappa shape index (κ2) is 4.13. The Morgan fingerprint density at radius 3 is 3.00 bits per heavy atom. The van der Waals surface area contributed by atoms with Crippen LogP contribution >= 0.6 is 0 Å². The lowest BCUT2D eigenvalue weighted by atomic mass is 10.1. The smallest absolute Gasteiger partial charge is 0.146 e. The Balaban J connectivity index is 2.92. The van der Waals surface area contributed by atoms with Gasteiger partial charge in [0, 0.05) is 6.20 Å². The molecule has 3 N–H and O–H groups in total. The Hall–Kier alpha value is -1.00. The number of hydrazine groups is 1. The molecule has 66 valence electrons. The molecule has 1 heterocycles. The second-order valence-electron chi connectivity index (χ2n) is 2.50. The van der Waals surface area contributed by atoms with E-state index < -0.39 is 0 Å². The number of aromatic nitrogens is 1. The lowest BCUT2D eigenvalue weighted by molar-refractivity contribution is 0.486. The zero-order chi connectivity index (χ0) is 8.97. The van der Waals surface area contributed by atoms with Crippen molar-refractivity contribution in [1.29, 1.82) is 0 Å². The van der Waals surface area contributed by atoms with E-state index >= 15 is 0 Å². The van der Waals surface area contributed by atoms with Crippen LogP contribution in [0.2, 0.25) is 0 Å². The van der Waals surface area contributed by atoms with E-state index in [1.54, 1.807) is 12.3 Å². The lowest BCUT2D eigenvalue weighted by Crippen LogP contribution is -2.28. The Bertz CT molecular complexity index is 248. The molecule has 12 heavy (non-hydrogen) atoms. The Kier molecular flexibility index (Phi) is 3.13. The number of nitrogens with one attached hydrogen (secondary N) is 1. The van der Waals surface area contributed by atoms with Crippen LogP contribution in [0.25, 0.3) is 0 Å². The van der Waals surface area contributed by atoms with Crippen LogP contribution in [0.5, 0.6) is 0 Å². The molecule has 1 aromatic heterocycles. The second-order valence-corrected chi connectivity index (χ2v) is 2.50. The van der Waals surface area contributed by atoms with E-state index in [0.717, 1.165) is 0 Å². The molecule has 0 aliphatic carbocycles. The molecule has 0 amide bonds. The van der Waals surface area contributed by atoms with Crippen molar-refractivity contribution in [3.63, 3.8) is 0 Å². The van der Waals surface area contributed by atoms with Gasteiger partial charge in [-0.3, -0.25) is 16.3 Å². The molecule has 0 saturated carbocycles. The van der Waals surface area contributed by atoms with Gasteiger partial charge in [0.25, 0.3) is 0 Å². The highest BCUT2D eigenvalue weighted by Gasteiger charge is 2.12. The van der Waals surface area contributed by atoms with Crippen LogP contribution in [0.15, 0.2) is 18.3 Å². The highest BCUT2D eigenvalue weighted by Crippen LogP contribution is 2.15. The Morgan fingerprint density at radius 2 is 2.50 bits per heavy atom. The summed E-state index contributed by atoms with van der Waals surface area (Å²) in [7, 11) is 0. The number of halogens is 1. The minimum absolute atomic E-state index is 0.203. The summed E-state index contributed by atoms with van der Waals surface area (Å²) in [5.74, 6) is 4.91. The van der Waals surface area contributed by atoms with Crippen molar-refractivity contribution in [2.45, 2.75) is 19.4 Å². The normalized spacial score (nSPS) is 12.9. The summed E-state index contributed by atoms with van der Waals surface area (Å²) in [6.07, 6.45) is 2.27. The summed E-state index contributed by atoms with van der Waals surface area (Å²) in [4.78, 5) is 3.90. The SMILES string of the molecule is CCC(NN)c1ncccc1F. The van der Waals surface area contributed by atoms with Crippen LogP contribution in [0, 0.1) is 5.82 Å². The molecule has 3 nitrogen and oxygen atoms in total. The maximum Gasteiger partial charge on any atom is 0.146 e. The Morgan fingerprint density at radius 1 is 1.75 bits per heavy atom. The van der Waals surface area contributed by atoms with E-state index in [4.69, 9.17) is 5.84 Å². The highest BCUT2D eigenvalue weighted by molar-refractivity contribution is 5.10. The molecule has 1 unspecified atom stereocenters.